The zero-order chi connectivity index (χ0) is 20.6. The Bertz CT molecular complexity index is 799. The fraction of sp³-hybridized carbons (Fsp3) is 0.409. The number of carbonyl (C=O) groups is 1. The summed E-state index contributed by atoms with van der Waals surface area (Å²) in [5.41, 5.74) is 1.73. The summed E-state index contributed by atoms with van der Waals surface area (Å²) in [6.07, 6.45) is 1.94. The Labute approximate surface area is 185 Å². The standard InChI is InChI=1S/C22H25Cl2FN2OS/c23-18-8-6-16(7-9-18)13-27-11-2-3-17(14-27)22(28)26-10-12-29-15-19-20(24)4-1-5-21(19)25/h1,4-9,17H,2-3,10-15H2,(H,26,28). The monoisotopic (exact) mass is 454 g/mol. The molecule has 0 aliphatic carbocycles. The van der Waals surface area contributed by atoms with Crippen LogP contribution in [-0.2, 0) is 17.1 Å². The molecule has 0 spiro atoms. The van der Waals surface area contributed by atoms with E-state index in [2.05, 4.69) is 10.2 Å². The van der Waals surface area contributed by atoms with Gasteiger partial charge in [0.2, 0.25) is 5.91 Å². The third-order valence-electron chi connectivity index (χ3n) is 5.05. The second-order valence-corrected chi connectivity index (χ2v) is 9.19. The van der Waals surface area contributed by atoms with E-state index < -0.39 is 0 Å². The fourth-order valence-corrected chi connectivity index (χ4v) is 4.82. The number of hydrogen-bond acceptors (Lipinski definition) is 3. The number of rotatable bonds is 8. The van der Waals surface area contributed by atoms with Crippen molar-refractivity contribution in [2.45, 2.75) is 25.1 Å². The Kier molecular flexibility index (Phi) is 8.67. The van der Waals surface area contributed by atoms with Gasteiger partial charge in [-0.3, -0.25) is 9.69 Å². The van der Waals surface area contributed by atoms with Crippen LogP contribution in [0.25, 0.3) is 0 Å². The maximum Gasteiger partial charge on any atom is 0.224 e. The van der Waals surface area contributed by atoms with E-state index in [1.165, 1.54) is 11.6 Å². The van der Waals surface area contributed by atoms with Gasteiger partial charge in [0.1, 0.15) is 5.82 Å². The molecule has 1 saturated heterocycles. The van der Waals surface area contributed by atoms with Gasteiger partial charge in [0, 0.05) is 46.7 Å². The third kappa shape index (κ3) is 6.88. The van der Waals surface area contributed by atoms with Crippen LogP contribution in [-0.4, -0.2) is 36.2 Å². The van der Waals surface area contributed by atoms with Gasteiger partial charge >= 0.3 is 0 Å². The lowest BCUT2D eigenvalue weighted by atomic mass is 9.96. The van der Waals surface area contributed by atoms with Crippen molar-refractivity contribution < 1.29 is 9.18 Å². The van der Waals surface area contributed by atoms with Crippen LogP contribution in [0, 0.1) is 11.7 Å². The van der Waals surface area contributed by atoms with Gasteiger partial charge in [-0.05, 0) is 49.2 Å². The van der Waals surface area contributed by atoms with E-state index in [1.54, 1.807) is 23.9 Å². The number of nitrogens with zero attached hydrogens (tertiary/aromatic N) is 1. The van der Waals surface area contributed by atoms with Crippen molar-refractivity contribution in [1.29, 1.82) is 0 Å². The zero-order valence-corrected chi connectivity index (χ0v) is 18.5. The molecule has 0 saturated carbocycles. The molecule has 1 fully saturated rings. The topological polar surface area (TPSA) is 32.3 Å². The summed E-state index contributed by atoms with van der Waals surface area (Å²) in [5, 5.41) is 4.21. The molecule has 1 atom stereocenters. The van der Waals surface area contributed by atoms with Crippen LogP contribution in [0.2, 0.25) is 10.0 Å². The second kappa shape index (κ2) is 11.2. The number of benzene rings is 2. The number of thioether (sulfide) groups is 1. The van der Waals surface area contributed by atoms with Crippen molar-refractivity contribution >= 4 is 40.9 Å². The van der Waals surface area contributed by atoms with Crippen LogP contribution in [0.1, 0.15) is 24.0 Å². The zero-order valence-electron chi connectivity index (χ0n) is 16.2. The van der Waals surface area contributed by atoms with Gasteiger partial charge in [-0.15, -0.1) is 0 Å². The van der Waals surface area contributed by atoms with Gasteiger partial charge in [0.05, 0.1) is 5.92 Å². The van der Waals surface area contributed by atoms with Crippen LogP contribution in [0.4, 0.5) is 4.39 Å². The number of hydrogen-bond donors (Lipinski definition) is 1. The summed E-state index contributed by atoms with van der Waals surface area (Å²) >= 11 is 13.6. The lowest BCUT2D eigenvalue weighted by Crippen LogP contribution is -2.43. The first-order chi connectivity index (χ1) is 14.0. The molecule has 1 amide bonds. The Hall–Kier alpha value is -1.27. The molecule has 1 aliphatic heterocycles. The first-order valence-corrected chi connectivity index (χ1v) is 11.7. The van der Waals surface area contributed by atoms with Crippen molar-refractivity contribution in [2.75, 3.05) is 25.4 Å². The molecule has 1 N–H and O–H groups in total. The second-order valence-electron chi connectivity index (χ2n) is 7.24. The molecule has 3 rings (SSSR count). The minimum Gasteiger partial charge on any atom is -0.355 e. The summed E-state index contributed by atoms with van der Waals surface area (Å²) in [6.45, 7) is 3.18. The molecule has 1 heterocycles. The lowest BCUT2D eigenvalue weighted by molar-refractivity contribution is -0.126. The van der Waals surface area contributed by atoms with Crippen molar-refractivity contribution in [3.8, 4) is 0 Å². The Morgan fingerprint density at radius 3 is 2.76 bits per heavy atom. The van der Waals surface area contributed by atoms with Crippen LogP contribution >= 0.6 is 35.0 Å². The third-order valence-corrected chi connectivity index (χ3v) is 6.64. The molecule has 2 aromatic rings. The maximum absolute atomic E-state index is 13.8. The van der Waals surface area contributed by atoms with Crippen LogP contribution in [0.3, 0.4) is 0 Å². The molecule has 29 heavy (non-hydrogen) atoms. The van der Waals surface area contributed by atoms with E-state index in [0.29, 0.717) is 22.9 Å². The molecule has 3 nitrogen and oxygen atoms in total. The normalized spacial score (nSPS) is 17.3. The predicted octanol–water partition coefficient (Wildman–Crippen LogP) is 5.39. The van der Waals surface area contributed by atoms with E-state index in [9.17, 15) is 9.18 Å². The number of piperidine rings is 1. The Morgan fingerprint density at radius 1 is 1.21 bits per heavy atom. The van der Waals surface area contributed by atoms with Crippen molar-refractivity contribution in [1.82, 2.24) is 10.2 Å². The van der Waals surface area contributed by atoms with Gasteiger partial charge in [0.25, 0.3) is 0 Å². The largest absolute Gasteiger partial charge is 0.355 e. The van der Waals surface area contributed by atoms with Crippen LogP contribution in [0.15, 0.2) is 42.5 Å². The molecule has 0 aromatic heterocycles. The molecular weight excluding hydrogens is 430 g/mol. The van der Waals surface area contributed by atoms with Gasteiger partial charge in [0.15, 0.2) is 0 Å². The molecule has 0 radical (unpaired) electrons. The highest BCUT2D eigenvalue weighted by Crippen LogP contribution is 2.24. The first kappa shape index (κ1) is 22.4. The molecule has 1 aliphatic rings. The quantitative estimate of drug-likeness (QED) is 0.542. The highest BCUT2D eigenvalue weighted by molar-refractivity contribution is 7.98. The van der Waals surface area contributed by atoms with E-state index in [0.717, 1.165) is 43.3 Å². The molecule has 7 heteroatoms. The number of amides is 1. The van der Waals surface area contributed by atoms with E-state index in [1.807, 2.05) is 24.3 Å². The number of halogens is 3. The average molecular weight is 455 g/mol. The summed E-state index contributed by atoms with van der Waals surface area (Å²) in [5.74, 6) is 1.06. The van der Waals surface area contributed by atoms with Gasteiger partial charge < -0.3 is 5.32 Å². The van der Waals surface area contributed by atoms with E-state index >= 15 is 0 Å². The minimum absolute atomic E-state index is 0.0158. The maximum atomic E-state index is 13.8. The summed E-state index contributed by atoms with van der Waals surface area (Å²) in [7, 11) is 0. The highest BCUT2D eigenvalue weighted by atomic mass is 35.5. The highest BCUT2D eigenvalue weighted by Gasteiger charge is 2.25. The van der Waals surface area contributed by atoms with E-state index in [-0.39, 0.29) is 17.6 Å². The fourth-order valence-electron chi connectivity index (χ4n) is 3.50. The summed E-state index contributed by atoms with van der Waals surface area (Å²) < 4.78 is 13.8. The van der Waals surface area contributed by atoms with Crippen LogP contribution < -0.4 is 5.32 Å². The molecule has 156 valence electrons. The number of carbonyl (C=O) groups excluding carboxylic acids is 1. The van der Waals surface area contributed by atoms with E-state index in [4.69, 9.17) is 23.2 Å². The molecule has 2 aromatic carbocycles. The predicted molar refractivity (Wildman–Crippen MR) is 120 cm³/mol. The van der Waals surface area contributed by atoms with Crippen molar-refractivity contribution in [3.63, 3.8) is 0 Å². The Balaban J connectivity index is 1.38. The minimum atomic E-state index is -0.281. The SMILES string of the molecule is O=C(NCCSCc1c(F)cccc1Cl)C1CCCN(Cc2ccc(Cl)cc2)C1. The summed E-state index contributed by atoms with van der Waals surface area (Å²) in [4.78, 5) is 14.9. The first-order valence-electron chi connectivity index (χ1n) is 9.78. The van der Waals surface area contributed by atoms with Crippen molar-refractivity contribution in [3.05, 3.63) is 69.5 Å². The number of likely N-dealkylation sites (tertiary alicyclic amines) is 1. The molecular formula is C22H25Cl2FN2OS. The smallest absolute Gasteiger partial charge is 0.224 e. The van der Waals surface area contributed by atoms with Crippen LogP contribution in [0.5, 0.6) is 0 Å². The summed E-state index contributed by atoms with van der Waals surface area (Å²) in [6, 6.07) is 12.6. The average Bonchev–Trinajstić information content (AvgIpc) is 2.71. The lowest BCUT2D eigenvalue weighted by Gasteiger charge is -2.32. The number of nitrogens with one attached hydrogen (secondary N) is 1. The molecule has 0 bridgehead atoms. The molecule has 1 unspecified atom stereocenters. The van der Waals surface area contributed by atoms with Gasteiger partial charge in [-0.1, -0.05) is 41.4 Å². The van der Waals surface area contributed by atoms with Crippen molar-refractivity contribution in [2.24, 2.45) is 5.92 Å². The van der Waals surface area contributed by atoms with Gasteiger partial charge in [-0.25, -0.2) is 4.39 Å². The van der Waals surface area contributed by atoms with Gasteiger partial charge in [-0.2, -0.15) is 11.8 Å². The Morgan fingerprint density at radius 2 is 2.00 bits per heavy atom.